The van der Waals surface area contributed by atoms with Crippen LogP contribution in [0.1, 0.15) is 29.7 Å². The number of ether oxygens (including phenoxy) is 1. The van der Waals surface area contributed by atoms with Crippen LogP contribution >= 0.6 is 22.9 Å². The zero-order chi connectivity index (χ0) is 31.7. The zero-order valence-corrected chi connectivity index (χ0v) is 26.3. The molecule has 2 aliphatic rings. The first kappa shape index (κ1) is 30.4. The molecule has 1 saturated heterocycles. The summed E-state index contributed by atoms with van der Waals surface area (Å²) in [5.74, 6) is -0.576. The number of carbonyl (C=O) groups is 1. The van der Waals surface area contributed by atoms with Gasteiger partial charge in [0, 0.05) is 34.0 Å². The van der Waals surface area contributed by atoms with Crippen molar-refractivity contribution in [2.24, 2.45) is 4.99 Å². The van der Waals surface area contributed by atoms with Crippen molar-refractivity contribution in [3.05, 3.63) is 130 Å². The van der Waals surface area contributed by atoms with Crippen LogP contribution < -0.4 is 24.7 Å². The highest BCUT2D eigenvalue weighted by atomic mass is 35.5. The largest absolute Gasteiger partial charge is 0.463 e. The number of fused-ring (bicyclic) bond motifs is 1. The maximum atomic E-state index is 14.3. The summed E-state index contributed by atoms with van der Waals surface area (Å²) >= 11 is 7.40. The molecule has 0 aliphatic carbocycles. The van der Waals surface area contributed by atoms with Crippen molar-refractivity contribution in [3.8, 4) is 0 Å². The van der Waals surface area contributed by atoms with E-state index in [1.165, 1.54) is 32.9 Å². The van der Waals surface area contributed by atoms with Crippen LogP contribution in [0.5, 0.6) is 0 Å². The number of rotatable bonds is 7. The molecule has 0 unspecified atom stereocenters. The van der Waals surface area contributed by atoms with Crippen molar-refractivity contribution in [3.63, 3.8) is 0 Å². The Balaban J connectivity index is 1.60. The third kappa shape index (κ3) is 6.06. The lowest BCUT2D eigenvalue weighted by Crippen LogP contribution is -3.12. The Hall–Kier alpha value is -4.58. The van der Waals surface area contributed by atoms with Gasteiger partial charge in [-0.05, 0) is 36.8 Å². The summed E-state index contributed by atoms with van der Waals surface area (Å²) in [4.78, 5) is 48.2. The highest BCUT2D eigenvalue weighted by Crippen LogP contribution is 2.35. The van der Waals surface area contributed by atoms with E-state index in [9.17, 15) is 19.7 Å². The van der Waals surface area contributed by atoms with Gasteiger partial charge in [-0.3, -0.25) is 19.5 Å². The van der Waals surface area contributed by atoms with E-state index in [0.717, 1.165) is 31.9 Å². The number of non-ortho nitro benzene ring substituents is 1. The number of nitrogens with zero attached hydrogens (tertiary/aromatic N) is 4. The summed E-state index contributed by atoms with van der Waals surface area (Å²) in [6.07, 6.45) is 1.70. The number of benzene rings is 3. The van der Waals surface area contributed by atoms with Gasteiger partial charge in [-0.25, -0.2) is 9.79 Å². The first-order chi connectivity index (χ1) is 21.7. The number of nitro benzene ring substituents is 1. The predicted octanol–water partition coefficient (Wildman–Crippen LogP) is 2.83. The predicted molar refractivity (Wildman–Crippen MR) is 174 cm³/mol. The van der Waals surface area contributed by atoms with Gasteiger partial charge in [0.15, 0.2) is 4.80 Å². The number of aromatic nitrogens is 1. The number of anilines is 1. The highest BCUT2D eigenvalue weighted by Gasteiger charge is 2.35. The van der Waals surface area contributed by atoms with E-state index in [1.807, 2.05) is 30.3 Å². The van der Waals surface area contributed by atoms with Crippen LogP contribution in [0.25, 0.3) is 11.8 Å². The smallest absolute Gasteiger partial charge is 0.338 e. The van der Waals surface area contributed by atoms with Gasteiger partial charge < -0.3 is 14.5 Å². The monoisotopic (exact) mass is 644 g/mol. The molecule has 1 fully saturated rings. The minimum atomic E-state index is -0.847. The van der Waals surface area contributed by atoms with E-state index in [1.54, 1.807) is 43.3 Å². The van der Waals surface area contributed by atoms with Gasteiger partial charge in [0.2, 0.25) is 0 Å². The number of thiazole rings is 1. The van der Waals surface area contributed by atoms with Crippen LogP contribution in [0, 0.1) is 10.1 Å². The number of carbonyl (C=O) groups excluding carboxylic acids is 1. The molecule has 230 valence electrons. The second kappa shape index (κ2) is 12.8. The van der Waals surface area contributed by atoms with Gasteiger partial charge in [0.1, 0.15) is 0 Å². The van der Waals surface area contributed by atoms with E-state index >= 15 is 0 Å². The molecule has 1 aromatic heterocycles. The van der Waals surface area contributed by atoms with Crippen LogP contribution in [-0.4, -0.2) is 55.3 Å². The molecular formula is C33H31ClN5O5S+. The van der Waals surface area contributed by atoms with E-state index in [4.69, 9.17) is 21.3 Å². The molecule has 0 radical (unpaired) electrons. The fraction of sp³-hybridized carbons (Fsp3) is 0.242. The molecule has 0 bridgehead atoms. The van der Waals surface area contributed by atoms with Crippen LogP contribution in [0.2, 0.25) is 5.02 Å². The SMILES string of the molecule is CCOC(=O)C1=C(c2ccccc2)N=c2s/c(=C/c3cc([N+](=O)[O-])ccc3N3CC[NH+](C)CC3)c(=O)n2[C@H]1c1ccc(Cl)cc1. The number of esters is 1. The molecule has 0 amide bonds. The number of piperazine rings is 1. The van der Waals surface area contributed by atoms with Crippen molar-refractivity contribution >= 4 is 52.1 Å². The number of hydrogen-bond donors (Lipinski definition) is 1. The minimum Gasteiger partial charge on any atom is -0.463 e. The Labute approximate surface area is 267 Å². The number of nitrogens with one attached hydrogen (secondary N) is 1. The Morgan fingerprint density at radius 3 is 2.51 bits per heavy atom. The molecule has 3 aromatic carbocycles. The molecule has 2 aliphatic heterocycles. The normalized spacial score (nSPS) is 17.2. The zero-order valence-electron chi connectivity index (χ0n) is 24.7. The molecule has 3 heterocycles. The van der Waals surface area contributed by atoms with Crippen LogP contribution in [-0.2, 0) is 9.53 Å². The maximum absolute atomic E-state index is 14.3. The molecule has 12 heteroatoms. The first-order valence-corrected chi connectivity index (χ1v) is 15.8. The van der Waals surface area contributed by atoms with E-state index in [0.29, 0.717) is 36.7 Å². The molecule has 1 atom stereocenters. The molecule has 1 N–H and O–H groups in total. The second-order valence-electron chi connectivity index (χ2n) is 10.9. The van der Waals surface area contributed by atoms with Crippen molar-refractivity contribution in [2.45, 2.75) is 13.0 Å². The summed E-state index contributed by atoms with van der Waals surface area (Å²) in [6.45, 7) is 5.30. The van der Waals surface area contributed by atoms with E-state index in [-0.39, 0.29) is 23.4 Å². The molecule has 0 saturated carbocycles. The highest BCUT2D eigenvalue weighted by molar-refractivity contribution is 7.07. The lowest BCUT2D eigenvalue weighted by atomic mass is 9.93. The van der Waals surface area contributed by atoms with Gasteiger partial charge in [-0.1, -0.05) is 65.4 Å². The Kier molecular flexibility index (Phi) is 8.66. The number of nitro groups is 1. The summed E-state index contributed by atoms with van der Waals surface area (Å²) in [5, 5.41) is 12.3. The lowest BCUT2D eigenvalue weighted by molar-refractivity contribution is -0.880. The average Bonchev–Trinajstić information content (AvgIpc) is 3.35. The Morgan fingerprint density at radius 1 is 1.13 bits per heavy atom. The fourth-order valence-corrected chi connectivity index (χ4v) is 6.85. The quantitative estimate of drug-likeness (QED) is 0.188. The third-order valence-corrected chi connectivity index (χ3v) is 9.26. The van der Waals surface area contributed by atoms with Crippen LogP contribution in [0.3, 0.4) is 0 Å². The van der Waals surface area contributed by atoms with Crippen LogP contribution in [0.15, 0.2) is 88.2 Å². The molecule has 10 nitrogen and oxygen atoms in total. The van der Waals surface area contributed by atoms with Gasteiger partial charge >= 0.3 is 5.97 Å². The van der Waals surface area contributed by atoms with E-state index < -0.39 is 16.9 Å². The Morgan fingerprint density at radius 2 is 1.84 bits per heavy atom. The molecule has 6 rings (SSSR count). The first-order valence-electron chi connectivity index (χ1n) is 14.6. The molecule has 4 aromatic rings. The fourth-order valence-electron chi connectivity index (χ4n) is 5.73. The standard InChI is InChI=1S/C33H30ClN5O5S/c1-3-44-32(41)28-29(21-7-5-4-6-8-21)35-33-38(30(28)22-9-11-24(34)12-10-22)31(40)27(45-33)20-23-19-25(39(42)43)13-14-26(23)37-17-15-36(2)16-18-37/h4-14,19-20,30H,3,15-18H2,1-2H3/p+1/b27-20+/t30-/m0/s1. The van der Waals surface area contributed by atoms with Gasteiger partial charge in [-0.15, -0.1) is 0 Å². The summed E-state index contributed by atoms with van der Waals surface area (Å²) in [5.41, 5.74) is 2.98. The van der Waals surface area contributed by atoms with Crippen molar-refractivity contribution in [2.75, 3.05) is 44.7 Å². The lowest BCUT2D eigenvalue weighted by Gasteiger charge is -2.32. The number of likely N-dealkylation sites (N-methyl/N-ethyl adjacent to an activating group) is 1. The van der Waals surface area contributed by atoms with E-state index in [2.05, 4.69) is 11.9 Å². The number of hydrogen-bond acceptors (Lipinski definition) is 8. The van der Waals surface area contributed by atoms with Gasteiger partial charge in [-0.2, -0.15) is 0 Å². The van der Waals surface area contributed by atoms with Gasteiger partial charge in [0.05, 0.1) is 66.6 Å². The maximum Gasteiger partial charge on any atom is 0.338 e. The van der Waals surface area contributed by atoms with Crippen LogP contribution in [0.4, 0.5) is 11.4 Å². The Bertz CT molecular complexity index is 1980. The molecule has 45 heavy (non-hydrogen) atoms. The van der Waals surface area contributed by atoms with Crippen molar-refractivity contribution in [1.82, 2.24) is 4.57 Å². The summed E-state index contributed by atoms with van der Waals surface area (Å²) in [6, 6.07) is 20.2. The summed E-state index contributed by atoms with van der Waals surface area (Å²) < 4.78 is 7.37. The average molecular weight is 645 g/mol. The number of quaternary nitrogens is 1. The topological polar surface area (TPSA) is 111 Å². The molecule has 0 spiro atoms. The molecular weight excluding hydrogens is 614 g/mol. The minimum absolute atomic E-state index is 0.0625. The second-order valence-corrected chi connectivity index (χ2v) is 12.4. The summed E-state index contributed by atoms with van der Waals surface area (Å²) in [7, 11) is 2.14. The third-order valence-electron chi connectivity index (χ3n) is 8.03. The van der Waals surface area contributed by atoms with Crippen molar-refractivity contribution in [1.29, 1.82) is 0 Å². The number of halogens is 1. The van der Waals surface area contributed by atoms with Gasteiger partial charge in [0.25, 0.3) is 11.2 Å². The van der Waals surface area contributed by atoms with Crippen molar-refractivity contribution < 1.29 is 19.4 Å².